The zero-order valence-electron chi connectivity index (χ0n) is 11.0. The molecule has 1 aromatic rings. The van der Waals surface area contributed by atoms with Gasteiger partial charge in [0.2, 0.25) is 0 Å². The number of hydrogen-bond donors (Lipinski definition) is 2. The van der Waals surface area contributed by atoms with Crippen LogP contribution < -0.4 is 10.1 Å². The molecular formula is C13H21BrClNO2. The molecule has 2 N–H and O–H groups in total. The van der Waals surface area contributed by atoms with Crippen molar-refractivity contribution in [2.24, 2.45) is 0 Å². The van der Waals surface area contributed by atoms with Crippen LogP contribution in [-0.4, -0.2) is 23.9 Å². The average Bonchev–Trinajstić information content (AvgIpc) is 2.30. The van der Waals surface area contributed by atoms with Crippen molar-refractivity contribution in [1.82, 2.24) is 5.32 Å². The molecule has 0 amide bonds. The van der Waals surface area contributed by atoms with E-state index in [0.29, 0.717) is 6.61 Å². The number of aliphatic hydroxyl groups is 1. The van der Waals surface area contributed by atoms with E-state index in [0.717, 1.165) is 22.3 Å². The van der Waals surface area contributed by atoms with Gasteiger partial charge in [0.25, 0.3) is 0 Å². The van der Waals surface area contributed by atoms with Crippen LogP contribution in [0.15, 0.2) is 22.7 Å². The van der Waals surface area contributed by atoms with Crippen LogP contribution in [0.3, 0.4) is 0 Å². The van der Waals surface area contributed by atoms with Crippen molar-refractivity contribution < 1.29 is 9.84 Å². The predicted molar refractivity (Wildman–Crippen MR) is 80.6 cm³/mol. The first-order valence-electron chi connectivity index (χ1n) is 5.75. The van der Waals surface area contributed by atoms with Crippen molar-refractivity contribution in [2.75, 3.05) is 13.2 Å². The maximum atomic E-state index is 9.15. The Bertz CT molecular complexity index is 372. The van der Waals surface area contributed by atoms with E-state index < -0.39 is 0 Å². The van der Waals surface area contributed by atoms with Gasteiger partial charge in [-0.1, -0.05) is 6.07 Å². The van der Waals surface area contributed by atoms with Crippen molar-refractivity contribution in [3.63, 3.8) is 0 Å². The van der Waals surface area contributed by atoms with Gasteiger partial charge in [-0.05, 0) is 54.4 Å². The van der Waals surface area contributed by atoms with Gasteiger partial charge >= 0.3 is 0 Å². The molecule has 104 valence electrons. The number of hydrogen-bond acceptors (Lipinski definition) is 3. The number of halogens is 2. The van der Waals surface area contributed by atoms with Crippen molar-refractivity contribution in [3.05, 3.63) is 28.2 Å². The molecule has 0 radical (unpaired) electrons. The fourth-order valence-electron chi connectivity index (χ4n) is 1.32. The Morgan fingerprint density at radius 1 is 1.39 bits per heavy atom. The maximum absolute atomic E-state index is 9.15. The van der Waals surface area contributed by atoms with Gasteiger partial charge in [0.15, 0.2) is 0 Å². The highest BCUT2D eigenvalue weighted by atomic mass is 79.9. The van der Waals surface area contributed by atoms with Crippen molar-refractivity contribution in [3.8, 4) is 5.75 Å². The molecule has 1 aromatic carbocycles. The Balaban J connectivity index is 0.00000289. The minimum absolute atomic E-state index is 0. The fraction of sp³-hybridized carbons (Fsp3) is 0.538. The summed E-state index contributed by atoms with van der Waals surface area (Å²) in [7, 11) is 0. The van der Waals surface area contributed by atoms with Crippen LogP contribution >= 0.6 is 28.3 Å². The van der Waals surface area contributed by atoms with E-state index in [-0.39, 0.29) is 24.6 Å². The summed E-state index contributed by atoms with van der Waals surface area (Å²) < 4.78 is 6.41. The smallest absolute Gasteiger partial charge is 0.133 e. The predicted octanol–water partition coefficient (Wildman–Crippen LogP) is 3.13. The molecule has 0 saturated carbocycles. The molecule has 3 nitrogen and oxygen atoms in total. The van der Waals surface area contributed by atoms with Crippen LogP contribution in [0.4, 0.5) is 0 Å². The molecule has 0 unspecified atom stereocenters. The lowest BCUT2D eigenvalue weighted by Crippen LogP contribution is -2.42. The van der Waals surface area contributed by atoms with E-state index in [1.807, 2.05) is 39.0 Å². The minimum atomic E-state index is -0.259. The monoisotopic (exact) mass is 337 g/mol. The zero-order chi connectivity index (χ0) is 12.9. The Hall–Kier alpha value is -0.290. The third-order valence-electron chi connectivity index (χ3n) is 2.46. The van der Waals surface area contributed by atoms with Gasteiger partial charge in [-0.25, -0.2) is 0 Å². The molecule has 0 saturated heterocycles. The van der Waals surface area contributed by atoms with E-state index in [1.165, 1.54) is 0 Å². The first kappa shape index (κ1) is 17.7. The van der Waals surface area contributed by atoms with E-state index in [2.05, 4.69) is 21.2 Å². The minimum Gasteiger partial charge on any atom is -0.493 e. The second-order valence-corrected chi connectivity index (χ2v) is 5.45. The Kier molecular flexibility index (Phi) is 7.87. The van der Waals surface area contributed by atoms with Crippen LogP contribution in [-0.2, 0) is 6.54 Å². The molecular weight excluding hydrogens is 318 g/mol. The highest BCUT2D eigenvalue weighted by Crippen LogP contribution is 2.26. The van der Waals surface area contributed by atoms with Gasteiger partial charge in [0.1, 0.15) is 5.75 Å². The summed E-state index contributed by atoms with van der Waals surface area (Å²) in [6.07, 6.45) is 0. The third kappa shape index (κ3) is 5.57. The molecule has 1 rings (SSSR count). The highest BCUT2D eigenvalue weighted by molar-refractivity contribution is 9.10. The summed E-state index contributed by atoms with van der Waals surface area (Å²) in [5, 5.41) is 12.4. The van der Waals surface area contributed by atoms with Gasteiger partial charge in [0, 0.05) is 12.1 Å². The number of aliphatic hydroxyl groups excluding tert-OH is 1. The molecule has 0 aliphatic heterocycles. The topological polar surface area (TPSA) is 41.5 Å². The molecule has 0 aromatic heterocycles. The van der Waals surface area contributed by atoms with Crippen molar-refractivity contribution >= 4 is 28.3 Å². The number of benzene rings is 1. The van der Waals surface area contributed by atoms with E-state index in [1.54, 1.807) is 0 Å². The van der Waals surface area contributed by atoms with Crippen LogP contribution in [0.2, 0.25) is 0 Å². The van der Waals surface area contributed by atoms with E-state index >= 15 is 0 Å². The van der Waals surface area contributed by atoms with Crippen LogP contribution in [0.5, 0.6) is 5.75 Å². The molecule has 0 spiro atoms. The Labute approximate surface area is 123 Å². The molecule has 0 aliphatic rings. The molecule has 0 bridgehead atoms. The number of ether oxygens (including phenoxy) is 1. The van der Waals surface area contributed by atoms with Crippen LogP contribution in [0, 0.1) is 0 Å². The normalized spacial score (nSPS) is 10.9. The van der Waals surface area contributed by atoms with Gasteiger partial charge in [0.05, 0.1) is 17.7 Å². The molecule has 0 fully saturated rings. The summed E-state index contributed by atoms with van der Waals surface area (Å²) in [5.74, 6) is 0.859. The van der Waals surface area contributed by atoms with Gasteiger partial charge < -0.3 is 15.2 Å². The average molecular weight is 339 g/mol. The molecule has 18 heavy (non-hydrogen) atoms. The molecule has 0 heterocycles. The summed E-state index contributed by atoms with van der Waals surface area (Å²) in [6.45, 7) is 7.40. The number of rotatable bonds is 6. The van der Waals surface area contributed by atoms with Gasteiger partial charge in [-0.3, -0.25) is 0 Å². The SMILES string of the molecule is CCOc1ccc(CNC(C)(C)CO)cc1Br.Cl. The van der Waals surface area contributed by atoms with Crippen molar-refractivity contribution in [1.29, 1.82) is 0 Å². The Morgan fingerprint density at radius 2 is 2.06 bits per heavy atom. The molecule has 5 heteroatoms. The standard InChI is InChI=1S/C13H20BrNO2.ClH/c1-4-17-12-6-5-10(7-11(12)14)8-15-13(2,3)9-16;/h5-7,15-16H,4,8-9H2,1-3H3;1H. The van der Waals surface area contributed by atoms with Crippen LogP contribution in [0.25, 0.3) is 0 Å². The number of nitrogens with one attached hydrogen (secondary N) is 1. The van der Waals surface area contributed by atoms with Crippen molar-refractivity contribution in [2.45, 2.75) is 32.9 Å². The second-order valence-electron chi connectivity index (χ2n) is 4.59. The second kappa shape index (κ2) is 8.00. The zero-order valence-corrected chi connectivity index (χ0v) is 13.4. The molecule has 0 atom stereocenters. The van der Waals surface area contributed by atoms with Crippen LogP contribution in [0.1, 0.15) is 26.3 Å². The lowest BCUT2D eigenvalue weighted by atomic mass is 10.1. The van der Waals surface area contributed by atoms with E-state index in [4.69, 9.17) is 9.84 Å². The third-order valence-corrected chi connectivity index (χ3v) is 3.08. The quantitative estimate of drug-likeness (QED) is 0.837. The van der Waals surface area contributed by atoms with E-state index in [9.17, 15) is 0 Å². The molecule has 0 aliphatic carbocycles. The fourth-order valence-corrected chi connectivity index (χ4v) is 1.86. The largest absolute Gasteiger partial charge is 0.493 e. The summed E-state index contributed by atoms with van der Waals surface area (Å²) in [6, 6.07) is 6.01. The summed E-state index contributed by atoms with van der Waals surface area (Å²) >= 11 is 3.48. The maximum Gasteiger partial charge on any atom is 0.133 e. The summed E-state index contributed by atoms with van der Waals surface area (Å²) in [4.78, 5) is 0. The first-order valence-corrected chi connectivity index (χ1v) is 6.55. The van der Waals surface area contributed by atoms with Gasteiger partial charge in [-0.15, -0.1) is 12.4 Å². The highest BCUT2D eigenvalue weighted by Gasteiger charge is 2.15. The lowest BCUT2D eigenvalue weighted by molar-refractivity contribution is 0.187. The first-order chi connectivity index (χ1) is 7.98. The summed E-state index contributed by atoms with van der Waals surface area (Å²) in [5.41, 5.74) is 0.896. The Morgan fingerprint density at radius 3 is 2.56 bits per heavy atom. The van der Waals surface area contributed by atoms with Gasteiger partial charge in [-0.2, -0.15) is 0 Å². The lowest BCUT2D eigenvalue weighted by Gasteiger charge is -2.23.